The highest BCUT2D eigenvalue weighted by molar-refractivity contribution is 4.64. The molecule has 0 aliphatic carbocycles. The SMILES string of the molecule is CC(O)CCC(C)(N)O. The fraction of sp³-hybridized carbons (Fsp3) is 1.00. The third-order valence-electron chi connectivity index (χ3n) is 1.07. The summed E-state index contributed by atoms with van der Waals surface area (Å²) in [6, 6.07) is 0. The lowest BCUT2D eigenvalue weighted by molar-refractivity contribution is 0.0406. The van der Waals surface area contributed by atoms with Gasteiger partial charge in [0, 0.05) is 0 Å². The summed E-state index contributed by atoms with van der Waals surface area (Å²) < 4.78 is 0. The zero-order valence-corrected chi connectivity index (χ0v) is 5.96. The van der Waals surface area contributed by atoms with Crippen molar-refractivity contribution in [1.82, 2.24) is 0 Å². The molecule has 0 rings (SSSR count). The Morgan fingerprint density at radius 2 is 2.11 bits per heavy atom. The summed E-state index contributed by atoms with van der Waals surface area (Å²) in [5, 5.41) is 17.7. The summed E-state index contributed by atoms with van der Waals surface area (Å²) in [5.41, 5.74) is 4.10. The maximum atomic E-state index is 8.93. The summed E-state index contributed by atoms with van der Waals surface area (Å²) >= 11 is 0. The zero-order chi connectivity index (χ0) is 7.49. The molecule has 0 heterocycles. The minimum atomic E-state index is -1.13. The zero-order valence-electron chi connectivity index (χ0n) is 5.96. The second-order valence-corrected chi connectivity index (χ2v) is 2.74. The lowest BCUT2D eigenvalue weighted by Crippen LogP contribution is -2.36. The van der Waals surface area contributed by atoms with E-state index in [-0.39, 0.29) is 6.10 Å². The van der Waals surface area contributed by atoms with E-state index in [1.165, 1.54) is 6.92 Å². The van der Waals surface area contributed by atoms with Crippen LogP contribution in [0.15, 0.2) is 0 Å². The Morgan fingerprint density at radius 3 is 2.22 bits per heavy atom. The molecule has 0 aromatic carbocycles. The number of hydrogen-bond donors (Lipinski definition) is 3. The van der Waals surface area contributed by atoms with Gasteiger partial charge < -0.3 is 15.9 Å². The van der Waals surface area contributed by atoms with E-state index in [1.54, 1.807) is 6.92 Å². The van der Waals surface area contributed by atoms with Crippen molar-refractivity contribution >= 4 is 0 Å². The van der Waals surface area contributed by atoms with Gasteiger partial charge in [-0.1, -0.05) is 0 Å². The molecule has 3 nitrogen and oxygen atoms in total. The fourth-order valence-corrected chi connectivity index (χ4v) is 0.501. The molecule has 4 N–H and O–H groups in total. The van der Waals surface area contributed by atoms with Crippen LogP contribution in [-0.4, -0.2) is 22.0 Å². The highest BCUT2D eigenvalue weighted by Crippen LogP contribution is 2.05. The largest absolute Gasteiger partial charge is 0.393 e. The molecule has 0 amide bonds. The number of aliphatic hydroxyl groups is 2. The topological polar surface area (TPSA) is 66.5 Å². The Balaban J connectivity index is 3.28. The molecular weight excluding hydrogens is 118 g/mol. The van der Waals surface area contributed by atoms with Crippen LogP contribution < -0.4 is 5.73 Å². The van der Waals surface area contributed by atoms with Crippen LogP contribution in [0.5, 0.6) is 0 Å². The van der Waals surface area contributed by atoms with E-state index in [2.05, 4.69) is 0 Å². The van der Waals surface area contributed by atoms with Crippen LogP contribution in [0.2, 0.25) is 0 Å². The number of rotatable bonds is 3. The molecule has 0 saturated heterocycles. The summed E-state index contributed by atoms with van der Waals surface area (Å²) in [4.78, 5) is 0. The molecule has 56 valence electrons. The summed E-state index contributed by atoms with van der Waals surface area (Å²) in [6.45, 7) is 3.20. The number of aliphatic hydroxyl groups excluding tert-OH is 1. The van der Waals surface area contributed by atoms with Gasteiger partial charge in [0.25, 0.3) is 0 Å². The molecule has 2 atom stereocenters. The van der Waals surface area contributed by atoms with Gasteiger partial charge in [-0.15, -0.1) is 0 Å². The molecule has 0 saturated carbocycles. The third-order valence-corrected chi connectivity index (χ3v) is 1.07. The number of hydrogen-bond acceptors (Lipinski definition) is 3. The molecule has 0 aliphatic heterocycles. The maximum absolute atomic E-state index is 8.93. The molecule has 0 fully saturated rings. The normalized spacial score (nSPS) is 21.0. The highest BCUT2D eigenvalue weighted by atomic mass is 16.3. The molecule has 0 aliphatic rings. The quantitative estimate of drug-likeness (QED) is 0.468. The molecular formula is C6H15NO2. The van der Waals surface area contributed by atoms with Crippen LogP contribution in [0.25, 0.3) is 0 Å². The van der Waals surface area contributed by atoms with Gasteiger partial charge in [-0.3, -0.25) is 0 Å². The minimum Gasteiger partial charge on any atom is -0.393 e. The Morgan fingerprint density at radius 1 is 1.67 bits per heavy atom. The van der Waals surface area contributed by atoms with Crippen molar-refractivity contribution in [3.8, 4) is 0 Å². The van der Waals surface area contributed by atoms with Crippen molar-refractivity contribution in [2.45, 2.75) is 38.5 Å². The highest BCUT2D eigenvalue weighted by Gasteiger charge is 2.12. The predicted octanol–water partition coefficient (Wildman–Crippen LogP) is -0.185. The van der Waals surface area contributed by atoms with Gasteiger partial charge in [-0.05, 0) is 26.7 Å². The summed E-state index contributed by atoms with van der Waals surface area (Å²) in [5.74, 6) is 0. The average molecular weight is 133 g/mol. The van der Waals surface area contributed by atoms with Crippen molar-refractivity contribution in [2.75, 3.05) is 0 Å². The molecule has 0 aromatic rings. The molecule has 3 heteroatoms. The van der Waals surface area contributed by atoms with Gasteiger partial charge in [0.15, 0.2) is 0 Å². The van der Waals surface area contributed by atoms with E-state index in [0.29, 0.717) is 12.8 Å². The van der Waals surface area contributed by atoms with Crippen molar-refractivity contribution < 1.29 is 10.2 Å². The second-order valence-electron chi connectivity index (χ2n) is 2.74. The first-order valence-electron chi connectivity index (χ1n) is 3.11. The van der Waals surface area contributed by atoms with Crippen LogP contribution in [0, 0.1) is 0 Å². The van der Waals surface area contributed by atoms with Crippen LogP contribution >= 0.6 is 0 Å². The van der Waals surface area contributed by atoms with E-state index in [4.69, 9.17) is 15.9 Å². The molecule has 9 heavy (non-hydrogen) atoms. The lowest BCUT2D eigenvalue weighted by atomic mass is 10.1. The van der Waals surface area contributed by atoms with E-state index >= 15 is 0 Å². The maximum Gasteiger partial charge on any atom is 0.110 e. The smallest absolute Gasteiger partial charge is 0.110 e. The Hall–Kier alpha value is -0.120. The van der Waals surface area contributed by atoms with Crippen LogP contribution in [0.1, 0.15) is 26.7 Å². The summed E-state index contributed by atoms with van der Waals surface area (Å²) in [6.07, 6.45) is 0.605. The molecule has 0 radical (unpaired) electrons. The van der Waals surface area contributed by atoms with Crippen LogP contribution in [0.3, 0.4) is 0 Å². The van der Waals surface area contributed by atoms with Gasteiger partial charge in [0.2, 0.25) is 0 Å². The van der Waals surface area contributed by atoms with Crippen molar-refractivity contribution in [2.24, 2.45) is 5.73 Å². The monoisotopic (exact) mass is 133 g/mol. The van der Waals surface area contributed by atoms with Gasteiger partial charge in [0.1, 0.15) is 5.72 Å². The van der Waals surface area contributed by atoms with Crippen LogP contribution in [-0.2, 0) is 0 Å². The van der Waals surface area contributed by atoms with E-state index < -0.39 is 5.72 Å². The molecule has 0 bridgehead atoms. The van der Waals surface area contributed by atoms with Gasteiger partial charge in [-0.2, -0.15) is 0 Å². The third kappa shape index (κ3) is 7.88. The average Bonchev–Trinajstić information content (AvgIpc) is 1.59. The van der Waals surface area contributed by atoms with E-state index in [0.717, 1.165) is 0 Å². The number of nitrogens with two attached hydrogens (primary N) is 1. The molecule has 0 aromatic heterocycles. The Bertz CT molecular complexity index is 75.6. The predicted molar refractivity (Wildman–Crippen MR) is 35.7 cm³/mol. The summed E-state index contributed by atoms with van der Waals surface area (Å²) in [7, 11) is 0. The van der Waals surface area contributed by atoms with Gasteiger partial charge in [-0.25, -0.2) is 0 Å². The van der Waals surface area contributed by atoms with Crippen molar-refractivity contribution in [3.63, 3.8) is 0 Å². The first kappa shape index (κ1) is 8.88. The minimum absolute atomic E-state index is 0.375. The molecule has 2 unspecified atom stereocenters. The fourth-order valence-electron chi connectivity index (χ4n) is 0.501. The van der Waals surface area contributed by atoms with Crippen molar-refractivity contribution in [3.05, 3.63) is 0 Å². The Kier molecular flexibility index (Phi) is 3.11. The first-order chi connectivity index (χ1) is 3.92. The van der Waals surface area contributed by atoms with Crippen molar-refractivity contribution in [1.29, 1.82) is 0 Å². The second kappa shape index (κ2) is 3.15. The molecule has 0 spiro atoms. The Labute approximate surface area is 55.5 Å². The first-order valence-corrected chi connectivity index (χ1v) is 3.11. The lowest BCUT2D eigenvalue weighted by Gasteiger charge is -2.17. The van der Waals surface area contributed by atoms with E-state index in [1.807, 2.05) is 0 Å². The van der Waals surface area contributed by atoms with E-state index in [9.17, 15) is 0 Å². The van der Waals surface area contributed by atoms with Gasteiger partial charge in [0.05, 0.1) is 6.10 Å². The van der Waals surface area contributed by atoms with Crippen LogP contribution in [0.4, 0.5) is 0 Å². The van der Waals surface area contributed by atoms with Gasteiger partial charge >= 0.3 is 0 Å². The standard InChI is InChI=1S/C6H15NO2/c1-5(8)3-4-6(2,7)9/h5,8-9H,3-4,7H2,1-2H3.